The van der Waals surface area contributed by atoms with E-state index in [0.29, 0.717) is 12.1 Å². The van der Waals surface area contributed by atoms with Gasteiger partial charge < -0.3 is 4.90 Å². The molecule has 1 aliphatic carbocycles. The van der Waals surface area contributed by atoms with Crippen LogP contribution in [0.3, 0.4) is 0 Å². The van der Waals surface area contributed by atoms with Gasteiger partial charge in [0.25, 0.3) is 21.8 Å². The number of carbonyl (C=O) groups excluding carboxylic acids is 2. The number of para-hydroxylation sites is 1. The molecule has 4 unspecified atom stereocenters. The zero-order valence-electron chi connectivity index (χ0n) is 20.9. The molecular formula is C29H25N3O4S3. The van der Waals surface area contributed by atoms with E-state index in [4.69, 9.17) is 12.6 Å². The van der Waals surface area contributed by atoms with Gasteiger partial charge in [-0.05, 0) is 46.9 Å². The number of sulfonamides is 1. The van der Waals surface area contributed by atoms with E-state index in [-0.39, 0.29) is 17.2 Å². The zero-order valence-corrected chi connectivity index (χ0v) is 23.5. The Kier molecular flexibility index (Phi) is 5.19. The number of fused-ring (bicyclic) bond motifs is 6. The first kappa shape index (κ1) is 24.8. The van der Waals surface area contributed by atoms with E-state index in [9.17, 15) is 18.0 Å². The second-order valence-corrected chi connectivity index (χ2v) is 13.5. The summed E-state index contributed by atoms with van der Waals surface area (Å²) in [5, 5.41) is -1.07. The van der Waals surface area contributed by atoms with Crippen molar-refractivity contribution < 1.29 is 18.0 Å². The van der Waals surface area contributed by atoms with Gasteiger partial charge in [0.15, 0.2) is 10.2 Å². The van der Waals surface area contributed by atoms with E-state index in [1.54, 1.807) is 42.5 Å². The highest BCUT2D eigenvalue weighted by Crippen LogP contribution is 2.66. The number of piperazine rings is 1. The molecule has 4 atom stereocenters. The fourth-order valence-corrected chi connectivity index (χ4v) is 9.45. The Morgan fingerprint density at radius 3 is 2.36 bits per heavy atom. The summed E-state index contributed by atoms with van der Waals surface area (Å²) in [6, 6.07) is 23.6. The molecule has 0 spiro atoms. The lowest BCUT2D eigenvalue weighted by Crippen LogP contribution is -2.68. The van der Waals surface area contributed by atoms with E-state index < -0.39 is 37.8 Å². The lowest BCUT2D eigenvalue weighted by atomic mass is 9.70. The summed E-state index contributed by atoms with van der Waals surface area (Å²) in [5.74, 6) is -0.851. The lowest BCUT2D eigenvalue weighted by Gasteiger charge is -2.47. The molecule has 10 heteroatoms. The van der Waals surface area contributed by atoms with Gasteiger partial charge in [-0.1, -0.05) is 66.7 Å². The van der Waals surface area contributed by atoms with E-state index >= 15 is 0 Å². The Bertz CT molecular complexity index is 1710. The van der Waals surface area contributed by atoms with Gasteiger partial charge >= 0.3 is 0 Å². The van der Waals surface area contributed by atoms with Crippen LogP contribution in [0, 0.1) is 0 Å². The third kappa shape index (κ3) is 2.99. The maximum Gasteiger partial charge on any atom is 0.266 e. The Morgan fingerprint density at radius 1 is 0.923 bits per heavy atom. The minimum absolute atomic E-state index is 0.100. The highest BCUT2D eigenvalue weighted by Gasteiger charge is 2.74. The van der Waals surface area contributed by atoms with Crippen LogP contribution < -0.4 is 4.31 Å². The van der Waals surface area contributed by atoms with E-state index in [1.807, 2.05) is 30.3 Å². The number of benzene rings is 3. The third-order valence-corrected chi connectivity index (χ3v) is 11.5. The molecule has 3 aromatic carbocycles. The van der Waals surface area contributed by atoms with E-state index in [1.165, 1.54) is 21.2 Å². The van der Waals surface area contributed by atoms with Crippen molar-refractivity contribution in [2.45, 2.75) is 39.6 Å². The van der Waals surface area contributed by atoms with Crippen LogP contribution in [0.5, 0.6) is 0 Å². The van der Waals surface area contributed by atoms with Crippen molar-refractivity contribution in [1.29, 1.82) is 0 Å². The van der Waals surface area contributed by atoms with Gasteiger partial charge in [-0.25, -0.2) is 12.7 Å². The quantitative estimate of drug-likeness (QED) is 0.467. The molecule has 0 N–H and O–H groups in total. The largest absolute Gasteiger partial charge is 0.322 e. The van der Waals surface area contributed by atoms with Crippen molar-refractivity contribution in [2.75, 3.05) is 11.4 Å². The number of amides is 2. The van der Waals surface area contributed by atoms with Gasteiger partial charge in [-0.15, -0.1) is 25.3 Å². The molecule has 3 aromatic rings. The fraction of sp³-hybridized carbons (Fsp3) is 0.241. The molecule has 39 heavy (non-hydrogen) atoms. The monoisotopic (exact) mass is 575 g/mol. The lowest BCUT2D eigenvalue weighted by molar-refractivity contribution is -0.157. The average molecular weight is 576 g/mol. The molecule has 2 saturated heterocycles. The molecule has 7 rings (SSSR count). The molecule has 0 aromatic heterocycles. The first-order valence-electron chi connectivity index (χ1n) is 12.6. The fourth-order valence-electron chi connectivity index (χ4n) is 6.92. The van der Waals surface area contributed by atoms with Crippen LogP contribution in [-0.2, 0) is 31.4 Å². The molecule has 3 aliphatic heterocycles. The number of anilines is 1. The molecular weight excluding hydrogens is 551 g/mol. The molecule has 3 heterocycles. The van der Waals surface area contributed by atoms with Gasteiger partial charge in [-0.2, -0.15) is 0 Å². The van der Waals surface area contributed by atoms with Crippen molar-refractivity contribution in [3.05, 3.63) is 102 Å². The predicted molar refractivity (Wildman–Crippen MR) is 155 cm³/mol. The second-order valence-electron chi connectivity index (χ2n) is 10.4. The van der Waals surface area contributed by atoms with Gasteiger partial charge in [0.1, 0.15) is 6.17 Å². The SMILES string of the molecule is CN1C(=O)C2(S)CC3(C4=CCc5ccccc54)c4ccccc4N(S(=O)(=O)c4ccccc4)C3N2C(=O)C1S. The molecule has 4 aliphatic rings. The van der Waals surface area contributed by atoms with Crippen LogP contribution in [0.1, 0.15) is 23.1 Å². The van der Waals surface area contributed by atoms with Crippen molar-refractivity contribution in [2.24, 2.45) is 0 Å². The minimum Gasteiger partial charge on any atom is -0.322 e. The van der Waals surface area contributed by atoms with E-state index in [2.05, 4.69) is 24.8 Å². The number of likely N-dealkylation sites (N-methyl/N-ethyl adjacent to an activating group) is 1. The number of hydrogen-bond acceptors (Lipinski definition) is 6. The first-order chi connectivity index (χ1) is 18.6. The van der Waals surface area contributed by atoms with Crippen LogP contribution in [0.4, 0.5) is 5.69 Å². The number of nitrogens with zero attached hydrogens (tertiary/aromatic N) is 3. The summed E-state index contributed by atoms with van der Waals surface area (Å²) in [5.41, 5.74) is 3.20. The number of thiol groups is 2. The summed E-state index contributed by atoms with van der Waals surface area (Å²) >= 11 is 9.40. The first-order valence-corrected chi connectivity index (χ1v) is 15.0. The normalized spacial score (nSPS) is 29.2. The minimum atomic E-state index is -4.17. The van der Waals surface area contributed by atoms with Crippen LogP contribution >= 0.6 is 25.3 Å². The maximum absolute atomic E-state index is 14.5. The third-order valence-electron chi connectivity index (χ3n) is 8.56. The zero-order chi connectivity index (χ0) is 27.3. The van der Waals surface area contributed by atoms with Crippen molar-refractivity contribution in [3.8, 4) is 0 Å². The summed E-state index contributed by atoms with van der Waals surface area (Å²) < 4.78 is 30.3. The van der Waals surface area contributed by atoms with Crippen LogP contribution in [0.25, 0.3) is 5.57 Å². The number of carbonyl (C=O) groups is 2. The van der Waals surface area contributed by atoms with Gasteiger partial charge in [0.2, 0.25) is 0 Å². The Labute approximate surface area is 238 Å². The Hall–Kier alpha value is -3.21. The molecule has 0 radical (unpaired) electrons. The molecule has 0 saturated carbocycles. The Balaban J connectivity index is 1.57. The topological polar surface area (TPSA) is 78.0 Å². The molecule has 7 nitrogen and oxygen atoms in total. The molecule has 0 bridgehead atoms. The smallest absolute Gasteiger partial charge is 0.266 e. The van der Waals surface area contributed by atoms with Gasteiger partial charge in [0, 0.05) is 13.5 Å². The van der Waals surface area contributed by atoms with Crippen molar-refractivity contribution >= 4 is 58.4 Å². The predicted octanol–water partition coefficient (Wildman–Crippen LogP) is 3.69. The number of hydrogen-bond donors (Lipinski definition) is 2. The summed E-state index contributed by atoms with van der Waals surface area (Å²) in [6.07, 6.45) is 1.83. The molecule has 2 fully saturated rings. The van der Waals surface area contributed by atoms with Crippen LogP contribution in [0.15, 0.2) is 89.8 Å². The highest BCUT2D eigenvalue weighted by atomic mass is 32.2. The van der Waals surface area contributed by atoms with Gasteiger partial charge in [0.05, 0.1) is 16.0 Å². The molecule has 2 amide bonds. The van der Waals surface area contributed by atoms with Crippen LogP contribution in [-0.4, -0.2) is 53.5 Å². The van der Waals surface area contributed by atoms with E-state index in [0.717, 1.165) is 22.3 Å². The second kappa shape index (κ2) is 8.16. The Morgan fingerprint density at radius 2 is 1.59 bits per heavy atom. The highest BCUT2D eigenvalue weighted by molar-refractivity contribution is 7.93. The molecule has 198 valence electrons. The standard InChI is InChI=1S/C29H25N3O4S3/c1-30-25(37)24(33)31-26-28(17-29(31,38)27(30)34,21-16-15-18-9-5-6-12-20(18)21)22-13-7-8-14-23(22)32(26)39(35,36)19-10-3-2-4-11-19/h2-14,16,25-26,37-38H,15,17H2,1H3. The summed E-state index contributed by atoms with van der Waals surface area (Å²) in [4.78, 5) is 29.1. The van der Waals surface area contributed by atoms with Crippen LogP contribution in [0.2, 0.25) is 0 Å². The maximum atomic E-state index is 14.5. The van der Waals surface area contributed by atoms with Gasteiger partial charge in [-0.3, -0.25) is 14.5 Å². The summed E-state index contributed by atoms with van der Waals surface area (Å²) in [7, 11) is -2.64. The average Bonchev–Trinajstić information content (AvgIpc) is 3.58. The van der Waals surface area contributed by atoms with Crippen molar-refractivity contribution in [1.82, 2.24) is 9.80 Å². The van der Waals surface area contributed by atoms with Crippen molar-refractivity contribution in [3.63, 3.8) is 0 Å². The number of allylic oxidation sites excluding steroid dienone is 1. The number of rotatable bonds is 3. The summed E-state index contributed by atoms with van der Waals surface area (Å²) in [6.45, 7) is 0.